The smallest absolute Gasteiger partial charge is 0.308 e. The van der Waals surface area contributed by atoms with E-state index in [1.165, 1.54) is 6.20 Å². The average molecular weight is 482 g/mol. The van der Waals surface area contributed by atoms with Gasteiger partial charge in [-0.25, -0.2) is 24.3 Å². The van der Waals surface area contributed by atoms with Gasteiger partial charge in [-0.15, -0.1) is 0 Å². The van der Waals surface area contributed by atoms with E-state index in [2.05, 4.69) is 35.2 Å². The molecule has 7 rings (SSSR count). The van der Waals surface area contributed by atoms with Crippen molar-refractivity contribution < 1.29 is 14.3 Å². The van der Waals surface area contributed by atoms with Crippen LogP contribution in [-0.2, 0) is 4.79 Å². The second-order valence-electron chi connectivity index (χ2n) is 8.94. The van der Waals surface area contributed by atoms with Crippen LogP contribution in [0.3, 0.4) is 0 Å². The highest BCUT2D eigenvalue weighted by Gasteiger charge is 2.47. The number of aliphatic carboxylic acids is 1. The summed E-state index contributed by atoms with van der Waals surface area (Å²) in [5, 5.41) is 13.3. The Balaban J connectivity index is 1.49. The van der Waals surface area contributed by atoms with Gasteiger partial charge in [-0.3, -0.25) is 4.79 Å². The first-order chi connectivity index (χ1) is 16.5. The molecule has 2 atom stereocenters. The Morgan fingerprint density at radius 3 is 2.68 bits per heavy atom. The van der Waals surface area contributed by atoms with E-state index >= 15 is 4.39 Å². The van der Waals surface area contributed by atoms with E-state index in [9.17, 15) is 9.90 Å². The molecule has 2 unspecified atom stereocenters. The van der Waals surface area contributed by atoms with Crippen LogP contribution in [0.25, 0.3) is 33.9 Å². The van der Waals surface area contributed by atoms with Gasteiger partial charge in [0.25, 0.3) is 0 Å². The summed E-state index contributed by atoms with van der Waals surface area (Å²) >= 11 is 6.05. The van der Waals surface area contributed by atoms with Crippen molar-refractivity contribution in [2.75, 3.05) is 5.32 Å². The topological polar surface area (TPSA) is 132 Å². The minimum absolute atomic E-state index is 0.0252. The van der Waals surface area contributed by atoms with E-state index in [0.717, 1.165) is 25.7 Å². The number of aromatic nitrogens is 6. The molecule has 0 spiro atoms. The Morgan fingerprint density at radius 2 is 1.94 bits per heavy atom. The molecular weight excluding hydrogens is 461 g/mol. The predicted octanol–water partition coefficient (Wildman–Crippen LogP) is 4.50. The molecule has 4 aromatic heterocycles. The average Bonchev–Trinajstić information content (AvgIpc) is 3.51. The number of fused-ring (bicyclic) bond motifs is 4. The number of nitrogens with one attached hydrogen (secondary N) is 3. The standard InChI is InChI=1S/C23H21ClFN7O2/c24-14-9-28-22-18(29-14)12(8-27-22)20-31-19(13-2-1-7-26-13)16(25)21(32-20)30-17-11-5-3-10(4-6-11)15(17)23(33)34/h1-2,7-11,15,17,26H,3-6H2,(H,27,28)(H,33,34)(H,30,31,32). The molecule has 3 fully saturated rings. The van der Waals surface area contributed by atoms with Crippen LogP contribution in [0.2, 0.25) is 5.15 Å². The number of halogens is 2. The first-order valence-corrected chi connectivity index (χ1v) is 11.6. The van der Waals surface area contributed by atoms with Crippen molar-refractivity contribution >= 4 is 34.6 Å². The summed E-state index contributed by atoms with van der Waals surface area (Å²) in [5.41, 5.74) is 2.03. The predicted molar refractivity (Wildman–Crippen MR) is 124 cm³/mol. The molecule has 174 valence electrons. The summed E-state index contributed by atoms with van der Waals surface area (Å²) in [7, 11) is 0. The van der Waals surface area contributed by atoms with Crippen molar-refractivity contribution in [1.82, 2.24) is 29.9 Å². The van der Waals surface area contributed by atoms with E-state index in [-0.39, 0.29) is 34.3 Å². The highest BCUT2D eigenvalue weighted by atomic mass is 35.5. The lowest BCUT2D eigenvalue weighted by Crippen LogP contribution is -2.51. The Bertz CT molecular complexity index is 1380. The van der Waals surface area contributed by atoms with Crippen LogP contribution >= 0.6 is 11.6 Å². The fraction of sp³-hybridized carbons (Fsp3) is 0.348. The van der Waals surface area contributed by atoms with Crippen molar-refractivity contribution in [3.05, 3.63) is 41.7 Å². The molecule has 3 aliphatic carbocycles. The van der Waals surface area contributed by atoms with E-state index in [4.69, 9.17) is 11.6 Å². The molecule has 0 amide bonds. The summed E-state index contributed by atoms with van der Waals surface area (Å²) in [6, 6.07) is 3.06. The van der Waals surface area contributed by atoms with Gasteiger partial charge in [0.1, 0.15) is 16.4 Å². The van der Waals surface area contributed by atoms with Gasteiger partial charge >= 0.3 is 5.97 Å². The third-order valence-electron chi connectivity index (χ3n) is 7.10. The van der Waals surface area contributed by atoms with Crippen molar-refractivity contribution in [1.29, 1.82) is 0 Å². The lowest BCUT2D eigenvalue weighted by molar-refractivity contribution is -0.148. The molecule has 2 bridgehead atoms. The number of rotatable bonds is 5. The molecule has 0 saturated heterocycles. The number of carboxylic acid groups (broad SMARTS) is 1. The molecule has 0 aliphatic heterocycles. The molecule has 4 heterocycles. The van der Waals surface area contributed by atoms with Gasteiger partial charge in [-0.05, 0) is 49.7 Å². The van der Waals surface area contributed by atoms with Crippen LogP contribution in [0.4, 0.5) is 10.2 Å². The van der Waals surface area contributed by atoms with Crippen LogP contribution < -0.4 is 5.32 Å². The monoisotopic (exact) mass is 481 g/mol. The maximum atomic E-state index is 15.7. The molecule has 0 aromatic carbocycles. The summed E-state index contributed by atoms with van der Waals surface area (Å²) in [4.78, 5) is 35.7. The van der Waals surface area contributed by atoms with Gasteiger partial charge in [0.05, 0.1) is 23.4 Å². The Labute approximate surface area is 198 Å². The number of H-pyrrole nitrogens is 2. The van der Waals surface area contributed by atoms with Crippen molar-refractivity contribution in [2.45, 2.75) is 31.7 Å². The molecule has 11 heteroatoms. The van der Waals surface area contributed by atoms with Crippen molar-refractivity contribution in [3.8, 4) is 22.8 Å². The minimum atomic E-state index is -0.854. The maximum absolute atomic E-state index is 15.7. The first-order valence-electron chi connectivity index (χ1n) is 11.2. The first kappa shape index (κ1) is 21.0. The van der Waals surface area contributed by atoms with Gasteiger partial charge in [0.15, 0.2) is 23.1 Å². The normalized spacial score (nSPS) is 23.9. The fourth-order valence-electron chi connectivity index (χ4n) is 5.53. The molecule has 3 saturated carbocycles. The summed E-state index contributed by atoms with van der Waals surface area (Å²) in [6.45, 7) is 0. The molecule has 0 radical (unpaired) electrons. The Morgan fingerprint density at radius 1 is 1.15 bits per heavy atom. The molecule has 4 aromatic rings. The number of aromatic amines is 2. The lowest BCUT2D eigenvalue weighted by atomic mass is 9.61. The van der Waals surface area contributed by atoms with Gasteiger partial charge in [-0.2, -0.15) is 0 Å². The zero-order valence-corrected chi connectivity index (χ0v) is 18.7. The van der Waals surface area contributed by atoms with Crippen LogP contribution in [0.1, 0.15) is 25.7 Å². The van der Waals surface area contributed by atoms with Gasteiger partial charge in [-0.1, -0.05) is 11.6 Å². The highest BCUT2D eigenvalue weighted by molar-refractivity contribution is 6.29. The molecule has 3 aliphatic rings. The zero-order chi connectivity index (χ0) is 23.4. The number of nitrogens with zero attached hydrogens (tertiary/aromatic N) is 4. The number of anilines is 1. The summed E-state index contributed by atoms with van der Waals surface area (Å²) in [5.74, 6) is -1.65. The van der Waals surface area contributed by atoms with Crippen LogP contribution in [0, 0.1) is 23.6 Å². The molecular formula is C23H21ClFN7O2. The fourth-order valence-corrected chi connectivity index (χ4v) is 5.66. The maximum Gasteiger partial charge on any atom is 0.308 e. The summed E-state index contributed by atoms with van der Waals surface area (Å²) < 4.78 is 15.7. The van der Waals surface area contributed by atoms with Gasteiger partial charge < -0.3 is 20.4 Å². The number of carbonyl (C=O) groups is 1. The van der Waals surface area contributed by atoms with Crippen molar-refractivity contribution in [2.24, 2.45) is 17.8 Å². The second-order valence-corrected chi connectivity index (χ2v) is 9.33. The Hall–Kier alpha value is -3.53. The molecule has 34 heavy (non-hydrogen) atoms. The number of carboxylic acids is 1. The van der Waals surface area contributed by atoms with E-state index in [1.54, 1.807) is 24.5 Å². The third kappa shape index (κ3) is 3.40. The Kier molecular flexibility index (Phi) is 4.98. The van der Waals surface area contributed by atoms with E-state index < -0.39 is 23.7 Å². The summed E-state index contributed by atoms with van der Waals surface area (Å²) in [6.07, 6.45) is 8.38. The second kappa shape index (κ2) is 8.05. The highest BCUT2D eigenvalue weighted by Crippen LogP contribution is 2.46. The SMILES string of the molecule is O=C(O)C1C2CCC(CC2)C1Nc1nc(-c2c[nH]c3ncc(Cl)nc23)nc(-c2ccc[nH]2)c1F. The van der Waals surface area contributed by atoms with Gasteiger partial charge in [0.2, 0.25) is 0 Å². The van der Waals surface area contributed by atoms with Crippen LogP contribution in [0.15, 0.2) is 30.7 Å². The van der Waals surface area contributed by atoms with Crippen molar-refractivity contribution in [3.63, 3.8) is 0 Å². The number of hydrogen-bond donors (Lipinski definition) is 4. The minimum Gasteiger partial charge on any atom is -0.481 e. The zero-order valence-electron chi connectivity index (χ0n) is 17.9. The third-order valence-corrected chi connectivity index (χ3v) is 7.29. The van der Waals surface area contributed by atoms with Crippen LogP contribution in [0.5, 0.6) is 0 Å². The van der Waals surface area contributed by atoms with Gasteiger partial charge in [0, 0.05) is 18.4 Å². The lowest BCUT2D eigenvalue weighted by Gasteiger charge is -2.47. The molecule has 9 nitrogen and oxygen atoms in total. The largest absolute Gasteiger partial charge is 0.481 e. The molecule has 4 N–H and O–H groups in total. The number of hydrogen-bond acceptors (Lipinski definition) is 6. The van der Waals surface area contributed by atoms with E-state index in [0.29, 0.717) is 22.4 Å². The van der Waals surface area contributed by atoms with Crippen LogP contribution in [-0.4, -0.2) is 47.0 Å². The van der Waals surface area contributed by atoms with E-state index in [1.807, 2.05) is 0 Å². The quantitative estimate of drug-likeness (QED) is 0.330.